The van der Waals surface area contributed by atoms with E-state index in [0.29, 0.717) is 16.5 Å². The van der Waals surface area contributed by atoms with Gasteiger partial charge in [-0.15, -0.1) is 5.10 Å². The first-order valence-corrected chi connectivity index (χ1v) is 7.00. The fourth-order valence-electron chi connectivity index (χ4n) is 1.77. The van der Waals surface area contributed by atoms with Crippen LogP contribution in [0, 0.1) is 0 Å². The Hall–Kier alpha value is -2.37. The third-order valence-corrected chi connectivity index (χ3v) is 3.31. The number of hydrogen-bond donors (Lipinski definition) is 1. The molecule has 2 aromatic carbocycles. The highest BCUT2D eigenvalue weighted by molar-refractivity contribution is 6.36. The van der Waals surface area contributed by atoms with E-state index in [1.165, 1.54) is 18.3 Å². The van der Waals surface area contributed by atoms with Gasteiger partial charge in [0.05, 0.1) is 5.02 Å². The molecule has 5 nitrogen and oxygen atoms in total. The molecule has 110 valence electrons. The number of rotatable bonds is 3. The molecule has 3 rings (SSSR count). The molecular formula is C15H9Cl2N3O2. The number of aromatic nitrogens is 2. The number of phenolic OH excluding ortho intramolecular Hbond substituents is 1. The third kappa shape index (κ3) is 3.10. The Kier molecular flexibility index (Phi) is 4.09. The number of benzene rings is 2. The van der Waals surface area contributed by atoms with Gasteiger partial charge >= 0.3 is 6.01 Å². The van der Waals surface area contributed by atoms with E-state index in [0.717, 1.165) is 5.56 Å². The largest absolute Gasteiger partial charge is 0.506 e. The van der Waals surface area contributed by atoms with E-state index in [1.807, 2.05) is 30.3 Å². The van der Waals surface area contributed by atoms with E-state index in [-0.39, 0.29) is 16.8 Å². The number of aromatic hydroxyl groups is 1. The molecular weight excluding hydrogens is 325 g/mol. The Balaban J connectivity index is 1.87. The molecule has 3 aromatic rings. The van der Waals surface area contributed by atoms with E-state index < -0.39 is 0 Å². The van der Waals surface area contributed by atoms with Gasteiger partial charge in [-0.25, -0.2) is 4.99 Å². The number of phenols is 1. The van der Waals surface area contributed by atoms with Crippen molar-refractivity contribution in [2.45, 2.75) is 0 Å². The maximum absolute atomic E-state index is 9.83. The summed E-state index contributed by atoms with van der Waals surface area (Å²) in [6.07, 6.45) is 1.36. The lowest BCUT2D eigenvalue weighted by Crippen LogP contribution is -1.83. The summed E-state index contributed by atoms with van der Waals surface area (Å²) in [7, 11) is 0. The van der Waals surface area contributed by atoms with E-state index in [1.54, 1.807) is 0 Å². The van der Waals surface area contributed by atoms with Crippen LogP contribution in [0.3, 0.4) is 0 Å². The molecule has 0 bridgehead atoms. The summed E-state index contributed by atoms with van der Waals surface area (Å²) in [5.41, 5.74) is 1.15. The fraction of sp³-hybridized carbons (Fsp3) is 0. The maximum Gasteiger partial charge on any atom is 0.342 e. The Morgan fingerprint density at radius 3 is 2.64 bits per heavy atom. The normalized spacial score (nSPS) is 11.2. The van der Waals surface area contributed by atoms with Crippen LogP contribution < -0.4 is 0 Å². The molecule has 0 atom stereocenters. The van der Waals surface area contributed by atoms with Crippen molar-refractivity contribution in [3.63, 3.8) is 0 Å². The molecule has 0 aliphatic heterocycles. The van der Waals surface area contributed by atoms with Gasteiger partial charge in [0.15, 0.2) is 0 Å². The summed E-state index contributed by atoms with van der Waals surface area (Å²) in [6, 6.07) is 12.4. The van der Waals surface area contributed by atoms with Gasteiger partial charge in [-0.3, -0.25) is 0 Å². The Morgan fingerprint density at radius 1 is 1.09 bits per heavy atom. The van der Waals surface area contributed by atoms with Crippen LogP contribution in [0.2, 0.25) is 10.0 Å². The quantitative estimate of drug-likeness (QED) is 0.716. The molecule has 0 saturated carbocycles. The first-order chi connectivity index (χ1) is 10.6. The molecule has 0 unspecified atom stereocenters. The Morgan fingerprint density at radius 2 is 1.86 bits per heavy atom. The smallest absolute Gasteiger partial charge is 0.342 e. The van der Waals surface area contributed by atoms with Crippen LogP contribution in [0.4, 0.5) is 6.01 Å². The lowest BCUT2D eigenvalue weighted by Gasteiger charge is -2.01. The van der Waals surface area contributed by atoms with E-state index in [4.69, 9.17) is 27.6 Å². The summed E-state index contributed by atoms with van der Waals surface area (Å²) in [5, 5.41) is 18.1. The molecule has 0 radical (unpaired) electrons. The molecule has 1 aromatic heterocycles. The summed E-state index contributed by atoms with van der Waals surface area (Å²) in [4.78, 5) is 4.02. The molecule has 0 saturated heterocycles. The average Bonchev–Trinajstić information content (AvgIpc) is 2.99. The highest BCUT2D eigenvalue weighted by Crippen LogP contribution is 2.30. The van der Waals surface area contributed by atoms with Gasteiger partial charge in [-0.1, -0.05) is 46.5 Å². The standard InChI is InChI=1S/C15H9Cl2N3O2/c16-11-6-10(13(21)12(17)7-11)8-18-15-20-19-14(22-15)9-4-2-1-3-5-9/h1-8,21H/b18-8+. The molecule has 22 heavy (non-hydrogen) atoms. The predicted molar refractivity (Wildman–Crippen MR) is 85.1 cm³/mol. The zero-order chi connectivity index (χ0) is 15.5. The molecule has 7 heteroatoms. The SMILES string of the molecule is Oc1c(Cl)cc(Cl)cc1/C=N/c1nnc(-c2ccccc2)o1. The van der Waals surface area contributed by atoms with Gasteiger partial charge in [0.1, 0.15) is 5.75 Å². The van der Waals surface area contributed by atoms with Crippen molar-refractivity contribution in [1.82, 2.24) is 10.2 Å². The number of aliphatic imine (C=N–C) groups is 1. The molecule has 0 fully saturated rings. The first kappa shape index (κ1) is 14.6. The Bertz CT molecular complexity index is 832. The van der Waals surface area contributed by atoms with Gasteiger partial charge in [0.2, 0.25) is 5.89 Å². The van der Waals surface area contributed by atoms with E-state index in [9.17, 15) is 5.11 Å². The summed E-state index contributed by atoms with van der Waals surface area (Å²) in [6.45, 7) is 0. The average molecular weight is 334 g/mol. The lowest BCUT2D eigenvalue weighted by molar-refractivity contribution is 0.475. The van der Waals surface area contributed by atoms with Gasteiger partial charge in [-0.2, -0.15) is 0 Å². The zero-order valence-electron chi connectivity index (χ0n) is 11.1. The highest BCUT2D eigenvalue weighted by atomic mass is 35.5. The molecule has 0 aliphatic carbocycles. The van der Waals surface area contributed by atoms with Crippen LogP contribution in [0.25, 0.3) is 11.5 Å². The molecule has 1 N–H and O–H groups in total. The second-order valence-corrected chi connectivity index (χ2v) is 5.18. The van der Waals surface area contributed by atoms with Crippen molar-refractivity contribution in [2.24, 2.45) is 4.99 Å². The summed E-state index contributed by atoms with van der Waals surface area (Å²) < 4.78 is 5.42. The minimum atomic E-state index is -0.113. The van der Waals surface area contributed by atoms with Crippen molar-refractivity contribution in [3.8, 4) is 17.2 Å². The second-order valence-electron chi connectivity index (χ2n) is 4.34. The molecule has 0 amide bonds. The van der Waals surface area contributed by atoms with Crippen LogP contribution in [0.1, 0.15) is 5.56 Å². The minimum absolute atomic E-state index is 0.0642. The zero-order valence-corrected chi connectivity index (χ0v) is 12.6. The van der Waals surface area contributed by atoms with Gasteiger partial charge in [-0.05, 0) is 24.3 Å². The lowest BCUT2D eigenvalue weighted by atomic mass is 10.2. The van der Waals surface area contributed by atoms with Crippen LogP contribution in [-0.2, 0) is 0 Å². The number of hydrogen-bond acceptors (Lipinski definition) is 5. The first-order valence-electron chi connectivity index (χ1n) is 6.24. The van der Waals surface area contributed by atoms with Crippen LogP contribution in [0.15, 0.2) is 51.9 Å². The Labute approximate surface area is 135 Å². The van der Waals surface area contributed by atoms with E-state index >= 15 is 0 Å². The van der Waals surface area contributed by atoms with Crippen molar-refractivity contribution in [1.29, 1.82) is 0 Å². The number of nitrogens with zero attached hydrogens (tertiary/aromatic N) is 3. The number of halogens is 2. The molecule has 0 spiro atoms. The summed E-state index contributed by atoms with van der Waals surface area (Å²) in [5.74, 6) is 0.249. The summed E-state index contributed by atoms with van der Waals surface area (Å²) >= 11 is 11.7. The van der Waals surface area contributed by atoms with Crippen molar-refractivity contribution < 1.29 is 9.52 Å². The maximum atomic E-state index is 9.83. The van der Waals surface area contributed by atoms with Gasteiger partial charge < -0.3 is 9.52 Å². The molecule has 0 aliphatic rings. The monoisotopic (exact) mass is 333 g/mol. The van der Waals surface area contributed by atoms with Gasteiger partial charge in [0, 0.05) is 22.4 Å². The van der Waals surface area contributed by atoms with Crippen molar-refractivity contribution in [2.75, 3.05) is 0 Å². The fourth-order valence-corrected chi connectivity index (χ4v) is 2.28. The van der Waals surface area contributed by atoms with E-state index in [2.05, 4.69) is 15.2 Å². The third-order valence-electron chi connectivity index (χ3n) is 2.81. The molecule has 1 heterocycles. The minimum Gasteiger partial charge on any atom is -0.506 e. The van der Waals surface area contributed by atoms with Crippen LogP contribution in [-0.4, -0.2) is 21.5 Å². The topological polar surface area (TPSA) is 71.5 Å². The predicted octanol–water partition coefficient (Wildman–Crippen LogP) is 4.50. The second kappa shape index (κ2) is 6.17. The van der Waals surface area contributed by atoms with Crippen molar-refractivity contribution in [3.05, 3.63) is 58.1 Å². The highest BCUT2D eigenvalue weighted by Gasteiger charge is 2.08. The van der Waals surface area contributed by atoms with Crippen molar-refractivity contribution >= 4 is 35.4 Å². The van der Waals surface area contributed by atoms with Crippen LogP contribution >= 0.6 is 23.2 Å². The van der Waals surface area contributed by atoms with Crippen LogP contribution in [0.5, 0.6) is 5.75 Å². The van der Waals surface area contributed by atoms with Gasteiger partial charge in [0.25, 0.3) is 0 Å².